The van der Waals surface area contributed by atoms with Crippen LogP contribution in [0.4, 0.5) is 0 Å². The van der Waals surface area contributed by atoms with Gasteiger partial charge in [-0.05, 0) is 64.7 Å². The normalized spacial score (nSPS) is 11.5. The molecule has 0 amide bonds. The molecule has 5 nitrogen and oxygen atoms in total. The Balaban J connectivity index is 1.40. The van der Waals surface area contributed by atoms with E-state index >= 15 is 0 Å². The predicted molar refractivity (Wildman–Crippen MR) is 155 cm³/mol. The first-order chi connectivity index (χ1) is 18.0. The number of nitrogens with zero attached hydrogens (tertiary/aromatic N) is 3. The number of rotatable bonds is 8. The quantitative estimate of drug-likeness (QED) is 0.178. The number of hydrogen-bond donors (Lipinski definition) is 0. The van der Waals surface area contributed by atoms with Gasteiger partial charge < -0.3 is 4.74 Å². The minimum absolute atomic E-state index is 0.199. The van der Waals surface area contributed by atoms with Crippen molar-refractivity contribution in [3.05, 3.63) is 116 Å². The predicted octanol–water partition coefficient (Wildman–Crippen LogP) is 7.77. The largest absolute Gasteiger partial charge is 0.487 e. The molecule has 4 aromatic carbocycles. The standard InChI is InChI=1S/C30H25BrClN3O2/c1-2-3-11-29-34-27-14-13-23(31)17-25(27)30(36)35(29)33-18-20-12-15-28(26(32)16-20)37-19-22-9-6-8-21-7-4-5-10-24(21)22/h4-10,12-18H,2-3,11,19H2,1H3. The molecule has 5 aromatic rings. The first-order valence-electron chi connectivity index (χ1n) is 12.2. The van der Waals surface area contributed by atoms with E-state index < -0.39 is 0 Å². The zero-order valence-electron chi connectivity index (χ0n) is 20.3. The van der Waals surface area contributed by atoms with Crippen molar-refractivity contribution >= 4 is 55.4 Å². The third kappa shape index (κ3) is 5.60. The Bertz CT molecular complexity index is 1670. The topological polar surface area (TPSA) is 56.5 Å². The van der Waals surface area contributed by atoms with E-state index in [1.165, 1.54) is 10.1 Å². The first-order valence-corrected chi connectivity index (χ1v) is 13.3. The molecule has 5 rings (SSSR count). The average molecular weight is 575 g/mol. The van der Waals surface area contributed by atoms with Crippen molar-refractivity contribution < 1.29 is 4.74 Å². The summed E-state index contributed by atoms with van der Waals surface area (Å²) in [7, 11) is 0. The summed E-state index contributed by atoms with van der Waals surface area (Å²) in [5, 5.41) is 7.83. The van der Waals surface area contributed by atoms with E-state index in [2.05, 4.69) is 52.2 Å². The Morgan fingerprint density at radius 2 is 1.86 bits per heavy atom. The Labute approximate surface area is 228 Å². The molecule has 37 heavy (non-hydrogen) atoms. The number of ether oxygens (including phenoxy) is 1. The molecular weight excluding hydrogens is 550 g/mol. The van der Waals surface area contributed by atoms with Gasteiger partial charge in [0, 0.05) is 10.9 Å². The minimum atomic E-state index is -0.199. The molecule has 0 aliphatic rings. The molecule has 0 aliphatic heterocycles. The van der Waals surface area contributed by atoms with Crippen LogP contribution in [0.3, 0.4) is 0 Å². The molecule has 0 aliphatic carbocycles. The summed E-state index contributed by atoms with van der Waals surface area (Å²) >= 11 is 9.99. The molecule has 0 radical (unpaired) electrons. The van der Waals surface area contributed by atoms with Crippen molar-refractivity contribution in [2.24, 2.45) is 5.10 Å². The number of benzene rings is 4. The number of hydrogen-bond acceptors (Lipinski definition) is 4. The summed E-state index contributed by atoms with van der Waals surface area (Å²) in [5.41, 5.74) is 2.32. The van der Waals surface area contributed by atoms with Gasteiger partial charge in [-0.2, -0.15) is 9.78 Å². The van der Waals surface area contributed by atoms with E-state index in [0.717, 1.165) is 33.8 Å². The highest BCUT2D eigenvalue weighted by Gasteiger charge is 2.11. The van der Waals surface area contributed by atoms with Crippen LogP contribution in [0.2, 0.25) is 5.02 Å². The van der Waals surface area contributed by atoms with Crippen LogP contribution < -0.4 is 10.3 Å². The van der Waals surface area contributed by atoms with Gasteiger partial charge in [0.25, 0.3) is 5.56 Å². The van der Waals surface area contributed by atoms with Crippen LogP contribution in [0.1, 0.15) is 36.7 Å². The fraction of sp³-hybridized carbons (Fsp3) is 0.167. The lowest BCUT2D eigenvalue weighted by Gasteiger charge is -2.11. The molecule has 0 atom stereocenters. The van der Waals surface area contributed by atoms with Crippen molar-refractivity contribution in [2.75, 3.05) is 0 Å². The highest BCUT2D eigenvalue weighted by molar-refractivity contribution is 9.10. The lowest BCUT2D eigenvalue weighted by atomic mass is 10.1. The summed E-state index contributed by atoms with van der Waals surface area (Å²) < 4.78 is 8.26. The Kier molecular flexibility index (Phi) is 7.68. The van der Waals surface area contributed by atoms with E-state index in [4.69, 9.17) is 21.3 Å². The second kappa shape index (κ2) is 11.3. The van der Waals surface area contributed by atoms with Gasteiger partial charge in [0.05, 0.1) is 22.1 Å². The van der Waals surface area contributed by atoms with Gasteiger partial charge in [0.15, 0.2) is 0 Å². The molecule has 0 saturated heterocycles. The first kappa shape index (κ1) is 25.2. The van der Waals surface area contributed by atoms with Gasteiger partial charge in [0.1, 0.15) is 18.2 Å². The minimum Gasteiger partial charge on any atom is -0.487 e. The number of halogens is 2. The molecule has 1 aromatic heterocycles. The Morgan fingerprint density at radius 3 is 2.70 bits per heavy atom. The molecule has 186 valence electrons. The molecule has 0 spiro atoms. The maximum atomic E-state index is 13.3. The van der Waals surface area contributed by atoms with Crippen LogP contribution in [0.5, 0.6) is 5.75 Å². The van der Waals surface area contributed by atoms with E-state index in [-0.39, 0.29) is 5.56 Å². The Morgan fingerprint density at radius 1 is 1.03 bits per heavy atom. The van der Waals surface area contributed by atoms with Gasteiger partial charge in [-0.1, -0.05) is 83.3 Å². The van der Waals surface area contributed by atoms with Crippen LogP contribution in [-0.2, 0) is 13.0 Å². The molecule has 0 bridgehead atoms. The Hall–Kier alpha value is -3.48. The van der Waals surface area contributed by atoms with Gasteiger partial charge in [-0.25, -0.2) is 4.98 Å². The number of aryl methyl sites for hydroxylation is 1. The van der Waals surface area contributed by atoms with Crippen LogP contribution in [0.25, 0.3) is 21.7 Å². The van der Waals surface area contributed by atoms with Crippen molar-refractivity contribution in [1.82, 2.24) is 9.66 Å². The van der Waals surface area contributed by atoms with Crippen molar-refractivity contribution in [3.63, 3.8) is 0 Å². The van der Waals surface area contributed by atoms with Gasteiger partial charge in [-0.3, -0.25) is 4.79 Å². The lowest BCUT2D eigenvalue weighted by molar-refractivity contribution is 0.308. The van der Waals surface area contributed by atoms with Crippen molar-refractivity contribution in [1.29, 1.82) is 0 Å². The summed E-state index contributed by atoms with van der Waals surface area (Å²) in [6.07, 6.45) is 4.20. The summed E-state index contributed by atoms with van der Waals surface area (Å²) in [6, 6.07) is 25.4. The molecule has 1 heterocycles. The molecular formula is C30H25BrClN3O2. The molecule has 0 N–H and O–H groups in total. The van der Waals surface area contributed by atoms with E-state index in [9.17, 15) is 4.79 Å². The SMILES string of the molecule is CCCCc1nc2ccc(Br)cc2c(=O)n1N=Cc1ccc(OCc2cccc3ccccc23)c(Cl)c1. The maximum Gasteiger partial charge on any atom is 0.282 e. The lowest BCUT2D eigenvalue weighted by Crippen LogP contribution is -2.22. The smallest absolute Gasteiger partial charge is 0.282 e. The molecule has 7 heteroatoms. The molecule has 0 saturated carbocycles. The zero-order valence-corrected chi connectivity index (χ0v) is 22.7. The van der Waals surface area contributed by atoms with Crippen LogP contribution in [0, 0.1) is 0 Å². The summed E-state index contributed by atoms with van der Waals surface area (Å²) in [4.78, 5) is 18.0. The third-order valence-electron chi connectivity index (χ3n) is 6.17. The van der Waals surface area contributed by atoms with Gasteiger partial charge >= 0.3 is 0 Å². The van der Waals surface area contributed by atoms with Gasteiger partial charge in [-0.15, -0.1) is 0 Å². The van der Waals surface area contributed by atoms with Crippen LogP contribution in [-0.4, -0.2) is 15.9 Å². The zero-order chi connectivity index (χ0) is 25.8. The molecule has 0 unspecified atom stereocenters. The van der Waals surface area contributed by atoms with Gasteiger partial charge in [0.2, 0.25) is 0 Å². The van der Waals surface area contributed by atoms with Crippen molar-refractivity contribution in [2.45, 2.75) is 32.8 Å². The third-order valence-corrected chi connectivity index (χ3v) is 6.96. The summed E-state index contributed by atoms with van der Waals surface area (Å²) in [6.45, 7) is 2.51. The monoisotopic (exact) mass is 573 g/mol. The summed E-state index contributed by atoms with van der Waals surface area (Å²) in [5.74, 6) is 1.23. The highest BCUT2D eigenvalue weighted by atomic mass is 79.9. The number of fused-ring (bicyclic) bond motifs is 2. The van der Waals surface area contributed by atoms with Crippen LogP contribution >= 0.6 is 27.5 Å². The van der Waals surface area contributed by atoms with E-state index in [0.29, 0.717) is 40.5 Å². The fourth-order valence-electron chi connectivity index (χ4n) is 4.22. The second-order valence-electron chi connectivity index (χ2n) is 8.77. The van der Waals surface area contributed by atoms with Crippen LogP contribution in [0.15, 0.2) is 93.2 Å². The fourth-order valence-corrected chi connectivity index (χ4v) is 4.83. The molecule has 0 fully saturated rings. The second-order valence-corrected chi connectivity index (χ2v) is 10.1. The number of unbranched alkanes of at least 4 members (excludes halogenated alkanes) is 1. The average Bonchev–Trinajstić information content (AvgIpc) is 2.91. The highest BCUT2D eigenvalue weighted by Crippen LogP contribution is 2.27. The van der Waals surface area contributed by atoms with E-state index in [1.807, 2.05) is 42.5 Å². The van der Waals surface area contributed by atoms with Crippen molar-refractivity contribution in [3.8, 4) is 5.75 Å². The van der Waals surface area contributed by atoms with E-state index in [1.54, 1.807) is 18.3 Å². The maximum absolute atomic E-state index is 13.3. The number of aromatic nitrogens is 2.